The maximum absolute atomic E-state index is 13.1. The zero-order valence-corrected chi connectivity index (χ0v) is 11.1. The van der Waals surface area contributed by atoms with Crippen LogP contribution in [0, 0.1) is 11.7 Å². The molecule has 1 aromatic carbocycles. The third kappa shape index (κ3) is 4.45. The van der Waals surface area contributed by atoms with Gasteiger partial charge in [-0.05, 0) is 31.5 Å². The average molecular weight is 253 g/mol. The topological polar surface area (TPSA) is 38.3 Å². The smallest absolute Gasteiger partial charge is 0.309 e. The van der Waals surface area contributed by atoms with Gasteiger partial charge in [-0.3, -0.25) is 4.79 Å². The number of esters is 1. The SMILES string of the molecule is CCOC(=O)C(C)CN[C@H](C)c1cccc(F)c1. The van der Waals surface area contributed by atoms with E-state index in [2.05, 4.69) is 5.32 Å². The van der Waals surface area contributed by atoms with Gasteiger partial charge in [0, 0.05) is 12.6 Å². The molecule has 0 aliphatic heterocycles. The van der Waals surface area contributed by atoms with Crippen molar-refractivity contribution in [3.8, 4) is 0 Å². The second-order valence-corrected chi connectivity index (χ2v) is 4.34. The van der Waals surface area contributed by atoms with Crippen LogP contribution in [0.4, 0.5) is 4.39 Å². The van der Waals surface area contributed by atoms with Crippen molar-refractivity contribution in [2.45, 2.75) is 26.8 Å². The van der Waals surface area contributed by atoms with E-state index in [4.69, 9.17) is 4.74 Å². The van der Waals surface area contributed by atoms with Gasteiger partial charge in [0.25, 0.3) is 0 Å². The molecule has 1 N–H and O–H groups in total. The minimum atomic E-state index is -0.250. The van der Waals surface area contributed by atoms with Crippen molar-refractivity contribution in [2.24, 2.45) is 5.92 Å². The van der Waals surface area contributed by atoms with Gasteiger partial charge in [0.15, 0.2) is 0 Å². The van der Waals surface area contributed by atoms with Gasteiger partial charge < -0.3 is 10.1 Å². The molecule has 0 aliphatic rings. The van der Waals surface area contributed by atoms with Gasteiger partial charge in [-0.25, -0.2) is 4.39 Å². The number of ether oxygens (including phenoxy) is 1. The Morgan fingerprint density at radius 2 is 2.17 bits per heavy atom. The summed E-state index contributed by atoms with van der Waals surface area (Å²) in [6.45, 7) is 6.43. The monoisotopic (exact) mass is 253 g/mol. The number of carbonyl (C=O) groups is 1. The van der Waals surface area contributed by atoms with Crippen LogP contribution < -0.4 is 5.32 Å². The maximum atomic E-state index is 13.1. The van der Waals surface area contributed by atoms with E-state index >= 15 is 0 Å². The molecule has 0 saturated carbocycles. The highest BCUT2D eigenvalue weighted by molar-refractivity contribution is 5.72. The summed E-state index contributed by atoms with van der Waals surface area (Å²) in [5.41, 5.74) is 0.867. The number of hydrogen-bond acceptors (Lipinski definition) is 3. The first-order valence-corrected chi connectivity index (χ1v) is 6.20. The Hall–Kier alpha value is -1.42. The number of rotatable bonds is 6. The quantitative estimate of drug-likeness (QED) is 0.792. The summed E-state index contributed by atoms with van der Waals surface area (Å²) in [7, 11) is 0. The van der Waals surface area contributed by atoms with Crippen LogP contribution in [0.15, 0.2) is 24.3 Å². The molecule has 18 heavy (non-hydrogen) atoms. The van der Waals surface area contributed by atoms with E-state index in [1.54, 1.807) is 13.0 Å². The number of benzene rings is 1. The summed E-state index contributed by atoms with van der Waals surface area (Å²) >= 11 is 0. The van der Waals surface area contributed by atoms with E-state index in [-0.39, 0.29) is 23.7 Å². The number of hydrogen-bond donors (Lipinski definition) is 1. The molecule has 0 saturated heterocycles. The van der Waals surface area contributed by atoms with E-state index in [1.807, 2.05) is 19.9 Å². The first-order valence-electron chi connectivity index (χ1n) is 6.20. The Kier molecular flexibility index (Phi) is 5.78. The molecule has 0 fully saturated rings. The van der Waals surface area contributed by atoms with Gasteiger partial charge in [-0.2, -0.15) is 0 Å². The molecule has 0 aromatic heterocycles. The van der Waals surface area contributed by atoms with Gasteiger partial charge in [0.2, 0.25) is 0 Å². The predicted molar refractivity (Wildman–Crippen MR) is 68.6 cm³/mol. The fraction of sp³-hybridized carbons (Fsp3) is 0.500. The van der Waals surface area contributed by atoms with Gasteiger partial charge in [-0.1, -0.05) is 19.1 Å². The second-order valence-electron chi connectivity index (χ2n) is 4.34. The standard InChI is InChI=1S/C14H20FNO2/c1-4-18-14(17)10(2)9-16-11(3)12-6-5-7-13(15)8-12/h5-8,10-11,16H,4,9H2,1-3H3/t10?,11-/m1/s1. The predicted octanol–water partition coefficient (Wildman–Crippen LogP) is 2.68. The molecular formula is C14H20FNO2. The molecular weight excluding hydrogens is 233 g/mol. The second kappa shape index (κ2) is 7.11. The van der Waals surface area contributed by atoms with Crippen molar-refractivity contribution in [1.82, 2.24) is 5.32 Å². The molecule has 1 rings (SSSR count). The van der Waals surface area contributed by atoms with Crippen LogP contribution in [-0.4, -0.2) is 19.1 Å². The van der Waals surface area contributed by atoms with Crippen molar-refractivity contribution in [1.29, 1.82) is 0 Å². The van der Waals surface area contributed by atoms with Crippen LogP contribution in [0.5, 0.6) is 0 Å². The fourth-order valence-corrected chi connectivity index (χ4v) is 1.62. The third-order valence-corrected chi connectivity index (χ3v) is 2.77. The van der Waals surface area contributed by atoms with Crippen LogP contribution in [0.1, 0.15) is 32.4 Å². The van der Waals surface area contributed by atoms with E-state index in [1.165, 1.54) is 12.1 Å². The Labute approximate surface area is 107 Å². The Morgan fingerprint density at radius 3 is 2.78 bits per heavy atom. The van der Waals surface area contributed by atoms with Crippen LogP contribution in [0.2, 0.25) is 0 Å². The highest BCUT2D eigenvalue weighted by Gasteiger charge is 2.15. The zero-order chi connectivity index (χ0) is 13.5. The first-order chi connectivity index (χ1) is 8.54. The fourth-order valence-electron chi connectivity index (χ4n) is 1.62. The molecule has 0 heterocycles. The summed E-state index contributed by atoms with van der Waals surface area (Å²) in [4.78, 5) is 11.4. The summed E-state index contributed by atoms with van der Waals surface area (Å²) < 4.78 is 18.0. The summed E-state index contributed by atoms with van der Waals surface area (Å²) in [5.74, 6) is -0.669. The highest BCUT2D eigenvalue weighted by Crippen LogP contribution is 2.13. The lowest BCUT2D eigenvalue weighted by molar-refractivity contribution is -0.147. The van der Waals surface area contributed by atoms with E-state index in [0.717, 1.165) is 5.56 Å². The Morgan fingerprint density at radius 1 is 1.44 bits per heavy atom. The molecule has 0 amide bonds. The van der Waals surface area contributed by atoms with Gasteiger partial charge in [0.1, 0.15) is 5.82 Å². The molecule has 100 valence electrons. The van der Waals surface area contributed by atoms with E-state index in [0.29, 0.717) is 13.2 Å². The highest BCUT2D eigenvalue weighted by atomic mass is 19.1. The molecule has 4 heteroatoms. The van der Waals surface area contributed by atoms with Gasteiger partial charge in [0.05, 0.1) is 12.5 Å². The molecule has 1 aromatic rings. The molecule has 3 nitrogen and oxygen atoms in total. The Balaban J connectivity index is 2.46. The summed E-state index contributed by atoms with van der Waals surface area (Å²) in [6.07, 6.45) is 0. The largest absolute Gasteiger partial charge is 0.466 e. The minimum Gasteiger partial charge on any atom is -0.466 e. The van der Waals surface area contributed by atoms with Gasteiger partial charge in [-0.15, -0.1) is 0 Å². The Bertz CT molecular complexity index is 395. The molecule has 0 spiro atoms. The molecule has 0 radical (unpaired) electrons. The molecule has 1 unspecified atom stereocenters. The van der Waals surface area contributed by atoms with Crippen LogP contribution in [0.3, 0.4) is 0 Å². The minimum absolute atomic E-state index is 0.00224. The summed E-state index contributed by atoms with van der Waals surface area (Å²) in [5, 5.41) is 3.20. The normalized spacial score (nSPS) is 14.0. The van der Waals surface area contributed by atoms with Crippen LogP contribution in [0.25, 0.3) is 0 Å². The van der Waals surface area contributed by atoms with Crippen molar-refractivity contribution in [3.05, 3.63) is 35.6 Å². The van der Waals surface area contributed by atoms with Crippen molar-refractivity contribution < 1.29 is 13.9 Å². The van der Waals surface area contributed by atoms with Gasteiger partial charge >= 0.3 is 5.97 Å². The number of carbonyl (C=O) groups excluding carboxylic acids is 1. The van der Waals surface area contributed by atoms with Crippen molar-refractivity contribution >= 4 is 5.97 Å². The zero-order valence-electron chi connectivity index (χ0n) is 11.1. The summed E-state index contributed by atoms with van der Waals surface area (Å²) in [6, 6.07) is 6.44. The maximum Gasteiger partial charge on any atom is 0.309 e. The number of nitrogens with one attached hydrogen (secondary N) is 1. The van der Waals surface area contributed by atoms with E-state index in [9.17, 15) is 9.18 Å². The first kappa shape index (κ1) is 14.6. The lowest BCUT2D eigenvalue weighted by Crippen LogP contribution is -2.29. The molecule has 2 atom stereocenters. The lowest BCUT2D eigenvalue weighted by Gasteiger charge is -2.17. The molecule has 0 bridgehead atoms. The van der Waals surface area contributed by atoms with Crippen LogP contribution >= 0.6 is 0 Å². The van der Waals surface area contributed by atoms with E-state index < -0.39 is 0 Å². The lowest BCUT2D eigenvalue weighted by atomic mass is 10.1. The van der Waals surface area contributed by atoms with Crippen LogP contribution in [-0.2, 0) is 9.53 Å². The third-order valence-electron chi connectivity index (χ3n) is 2.77. The van der Waals surface area contributed by atoms with Crippen molar-refractivity contribution in [2.75, 3.05) is 13.2 Å². The van der Waals surface area contributed by atoms with Crippen molar-refractivity contribution in [3.63, 3.8) is 0 Å². The molecule has 0 aliphatic carbocycles. The average Bonchev–Trinajstić information content (AvgIpc) is 2.35. The number of halogens is 1.